The summed E-state index contributed by atoms with van der Waals surface area (Å²) in [5.74, 6) is 0. The highest BCUT2D eigenvalue weighted by atomic mass is 32.2. The lowest BCUT2D eigenvalue weighted by Crippen LogP contribution is -2.18. The van der Waals surface area contributed by atoms with Crippen molar-refractivity contribution in [3.8, 4) is 0 Å². The summed E-state index contributed by atoms with van der Waals surface area (Å²) in [5, 5.41) is 1.21. The summed E-state index contributed by atoms with van der Waals surface area (Å²) in [6.07, 6.45) is 2.12. The molecule has 1 aliphatic heterocycles. The molecule has 90 valence electrons. The van der Waals surface area contributed by atoms with E-state index in [0.717, 1.165) is 4.86 Å². The third kappa shape index (κ3) is 2.55. The second-order valence-electron chi connectivity index (χ2n) is 5.23. The highest BCUT2D eigenvalue weighted by Gasteiger charge is 2.23. The normalized spacial score (nSPS) is 17.4. The van der Waals surface area contributed by atoms with Crippen molar-refractivity contribution in [1.29, 1.82) is 0 Å². The van der Waals surface area contributed by atoms with Crippen LogP contribution in [0, 0.1) is 5.41 Å². The Hall–Kier alpha value is -0.800. The van der Waals surface area contributed by atoms with Crippen molar-refractivity contribution < 1.29 is 0 Å². The van der Waals surface area contributed by atoms with Crippen LogP contribution in [-0.2, 0) is 0 Å². The van der Waals surface area contributed by atoms with Crippen LogP contribution in [0.1, 0.15) is 20.8 Å². The molecule has 0 radical (unpaired) electrons. The van der Waals surface area contributed by atoms with E-state index in [-0.39, 0.29) is 5.41 Å². The topological polar surface area (TPSA) is 3.24 Å². The molecule has 1 nitrogen and oxygen atoms in total. The predicted octanol–water partition coefficient (Wildman–Crippen LogP) is 4.49. The lowest BCUT2D eigenvalue weighted by Gasteiger charge is -2.19. The van der Waals surface area contributed by atoms with Crippen LogP contribution >= 0.6 is 24.0 Å². The monoisotopic (exact) mass is 263 g/mol. The average molecular weight is 263 g/mol. The van der Waals surface area contributed by atoms with Gasteiger partial charge in [-0.05, 0) is 23.6 Å². The summed E-state index contributed by atoms with van der Waals surface area (Å²) in [6.45, 7) is 6.46. The summed E-state index contributed by atoms with van der Waals surface area (Å²) in [5.41, 5.74) is 1.32. The zero-order chi connectivity index (χ0) is 12.6. The molecule has 0 saturated carbocycles. The van der Waals surface area contributed by atoms with Gasteiger partial charge in [0, 0.05) is 16.8 Å². The molecule has 2 rings (SSSR count). The van der Waals surface area contributed by atoms with Gasteiger partial charge in [0.05, 0.1) is 10.7 Å². The number of nitrogens with zero attached hydrogens (tertiary/aromatic N) is 1. The van der Waals surface area contributed by atoms with Gasteiger partial charge in [-0.2, -0.15) is 0 Å². The minimum atomic E-state index is 0.0541. The van der Waals surface area contributed by atoms with E-state index in [1.807, 2.05) is 0 Å². The lowest BCUT2D eigenvalue weighted by atomic mass is 9.92. The molecular formula is C14H17NS2. The van der Waals surface area contributed by atoms with E-state index in [1.54, 1.807) is 11.8 Å². The van der Waals surface area contributed by atoms with Crippen LogP contribution in [0.4, 0.5) is 5.69 Å². The molecule has 0 aromatic heterocycles. The standard InChI is InChI=1S/C14H17NS2/c1-14(2,3)12(16)9-13-15(4)10-7-5-6-8-11(10)17-13/h5-9H,1-4H3/b13-9+. The third-order valence-electron chi connectivity index (χ3n) is 2.77. The lowest BCUT2D eigenvalue weighted by molar-refractivity contribution is 0.603. The van der Waals surface area contributed by atoms with Gasteiger partial charge in [-0.1, -0.05) is 56.9 Å². The number of rotatable bonds is 1. The highest BCUT2D eigenvalue weighted by molar-refractivity contribution is 8.03. The van der Waals surface area contributed by atoms with Gasteiger partial charge in [0.1, 0.15) is 0 Å². The summed E-state index contributed by atoms with van der Waals surface area (Å²) >= 11 is 7.26. The van der Waals surface area contributed by atoms with E-state index in [4.69, 9.17) is 12.2 Å². The van der Waals surface area contributed by atoms with Gasteiger partial charge in [0.2, 0.25) is 0 Å². The molecule has 0 atom stereocenters. The molecule has 1 aromatic carbocycles. The maximum Gasteiger partial charge on any atom is 0.0810 e. The zero-order valence-corrected chi connectivity index (χ0v) is 12.3. The Bertz CT molecular complexity index is 483. The van der Waals surface area contributed by atoms with Gasteiger partial charge >= 0.3 is 0 Å². The SMILES string of the molecule is CN1/C(=C\C(=S)C(C)(C)C)Sc2ccccc21. The fourth-order valence-corrected chi connectivity index (χ4v) is 2.86. The highest BCUT2D eigenvalue weighted by Crippen LogP contribution is 2.45. The van der Waals surface area contributed by atoms with Gasteiger partial charge in [0.25, 0.3) is 0 Å². The van der Waals surface area contributed by atoms with E-state index < -0.39 is 0 Å². The van der Waals surface area contributed by atoms with Crippen molar-refractivity contribution in [2.45, 2.75) is 25.7 Å². The van der Waals surface area contributed by atoms with Crippen molar-refractivity contribution in [2.75, 3.05) is 11.9 Å². The average Bonchev–Trinajstić information content (AvgIpc) is 2.55. The zero-order valence-electron chi connectivity index (χ0n) is 10.7. The minimum absolute atomic E-state index is 0.0541. The van der Waals surface area contributed by atoms with E-state index in [9.17, 15) is 0 Å². The number of fused-ring (bicyclic) bond motifs is 1. The molecule has 1 heterocycles. The van der Waals surface area contributed by atoms with Gasteiger partial charge in [-0.15, -0.1) is 0 Å². The molecule has 0 fully saturated rings. The first-order chi connectivity index (χ1) is 7.89. The van der Waals surface area contributed by atoms with Crippen LogP contribution in [0.15, 0.2) is 40.3 Å². The van der Waals surface area contributed by atoms with Crippen LogP contribution < -0.4 is 4.90 Å². The fraction of sp³-hybridized carbons (Fsp3) is 0.357. The second-order valence-corrected chi connectivity index (χ2v) is 6.73. The molecule has 17 heavy (non-hydrogen) atoms. The number of anilines is 1. The summed E-state index contributed by atoms with van der Waals surface area (Å²) in [6, 6.07) is 8.44. The molecule has 0 bridgehead atoms. The smallest absolute Gasteiger partial charge is 0.0810 e. The molecule has 0 N–H and O–H groups in total. The van der Waals surface area contributed by atoms with Crippen LogP contribution in [0.3, 0.4) is 0 Å². The Kier molecular flexibility index (Phi) is 3.32. The van der Waals surface area contributed by atoms with E-state index >= 15 is 0 Å². The van der Waals surface area contributed by atoms with Crippen LogP contribution in [0.5, 0.6) is 0 Å². The van der Waals surface area contributed by atoms with E-state index in [0.29, 0.717) is 0 Å². The van der Waals surface area contributed by atoms with Crippen molar-refractivity contribution in [2.24, 2.45) is 5.41 Å². The van der Waals surface area contributed by atoms with Crippen molar-refractivity contribution in [3.05, 3.63) is 35.4 Å². The minimum Gasteiger partial charge on any atom is -0.338 e. The largest absolute Gasteiger partial charge is 0.338 e. The number of hydrogen-bond acceptors (Lipinski definition) is 3. The Balaban J connectivity index is 2.29. The number of para-hydroxylation sites is 1. The van der Waals surface area contributed by atoms with Crippen LogP contribution in [-0.4, -0.2) is 11.9 Å². The van der Waals surface area contributed by atoms with E-state index in [2.05, 4.69) is 63.1 Å². The van der Waals surface area contributed by atoms with Gasteiger partial charge in [0.15, 0.2) is 0 Å². The second kappa shape index (κ2) is 4.46. The molecular weight excluding hydrogens is 246 g/mol. The molecule has 0 amide bonds. The fourth-order valence-electron chi connectivity index (χ4n) is 1.58. The Morgan fingerprint density at radius 3 is 2.53 bits per heavy atom. The first-order valence-electron chi connectivity index (χ1n) is 5.66. The Morgan fingerprint density at radius 1 is 1.29 bits per heavy atom. The number of allylic oxidation sites excluding steroid dienone is 1. The third-order valence-corrected chi connectivity index (χ3v) is 4.66. The van der Waals surface area contributed by atoms with Gasteiger partial charge < -0.3 is 4.90 Å². The number of thioether (sulfide) groups is 1. The van der Waals surface area contributed by atoms with E-state index in [1.165, 1.54) is 15.6 Å². The maximum atomic E-state index is 5.48. The van der Waals surface area contributed by atoms with Gasteiger partial charge in [-0.3, -0.25) is 0 Å². The molecule has 1 aliphatic rings. The van der Waals surface area contributed by atoms with Gasteiger partial charge in [-0.25, -0.2) is 0 Å². The molecule has 1 aromatic rings. The number of hydrogen-bond donors (Lipinski definition) is 0. The van der Waals surface area contributed by atoms with Crippen molar-refractivity contribution in [1.82, 2.24) is 0 Å². The summed E-state index contributed by atoms with van der Waals surface area (Å²) in [7, 11) is 2.09. The Labute approximate surface area is 113 Å². The predicted molar refractivity (Wildman–Crippen MR) is 80.8 cm³/mol. The first kappa shape index (κ1) is 12.7. The quantitative estimate of drug-likeness (QED) is 0.543. The Morgan fingerprint density at radius 2 is 1.94 bits per heavy atom. The van der Waals surface area contributed by atoms with Crippen molar-refractivity contribution in [3.63, 3.8) is 0 Å². The van der Waals surface area contributed by atoms with Crippen molar-refractivity contribution >= 4 is 34.5 Å². The van der Waals surface area contributed by atoms with Crippen LogP contribution in [0.25, 0.3) is 0 Å². The van der Waals surface area contributed by atoms with Crippen LogP contribution in [0.2, 0.25) is 0 Å². The molecule has 0 spiro atoms. The summed E-state index contributed by atoms with van der Waals surface area (Å²) < 4.78 is 0. The maximum absolute atomic E-state index is 5.48. The molecule has 0 aliphatic carbocycles. The molecule has 3 heteroatoms. The number of benzene rings is 1. The molecule has 0 unspecified atom stereocenters. The summed E-state index contributed by atoms with van der Waals surface area (Å²) in [4.78, 5) is 4.51. The number of thiocarbonyl (C=S) groups is 1. The molecule has 0 saturated heterocycles. The first-order valence-corrected chi connectivity index (χ1v) is 6.89.